The summed E-state index contributed by atoms with van der Waals surface area (Å²) in [6.07, 6.45) is 1.15. The lowest BCUT2D eigenvalue weighted by Gasteiger charge is -2.29. The third-order valence-electron chi connectivity index (χ3n) is 5.08. The first-order valence-corrected chi connectivity index (χ1v) is 10.6. The van der Waals surface area contributed by atoms with Crippen molar-refractivity contribution < 1.29 is 28.3 Å². The number of nitrogens with zero attached hydrogens (tertiary/aromatic N) is 4. The Morgan fingerprint density at radius 3 is 2.65 bits per heavy atom. The van der Waals surface area contributed by atoms with E-state index in [0.29, 0.717) is 5.56 Å². The zero-order valence-corrected chi connectivity index (χ0v) is 18.2. The van der Waals surface area contributed by atoms with Crippen molar-refractivity contribution in [3.05, 3.63) is 40.1 Å². The van der Waals surface area contributed by atoms with Crippen LogP contribution in [0.3, 0.4) is 0 Å². The maximum Gasteiger partial charge on any atom is 0.315 e. The number of nitriles is 1. The smallest absolute Gasteiger partial charge is 0.315 e. The van der Waals surface area contributed by atoms with Gasteiger partial charge in [0.15, 0.2) is 11.6 Å². The van der Waals surface area contributed by atoms with Crippen molar-refractivity contribution in [1.29, 1.82) is 5.26 Å². The molecule has 0 atom stereocenters. The highest BCUT2D eigenvalue weighted by molar-refractivity contribution is 5.70. The number of anilines is 3. The molecule has 3 N–H and O–H groups in total. The molecular formula is C21H24F2N6O5. The van der Waals surface area contributed by atoms with Gasteiger partial charge >= 0.3 is 5.69 Å². The summed E-state index contributed by atoms with van der Waals surface area (Å²) in [6.45, 7) is 0.109. The molecule has 2 aromatic heterocycles. The molecule has 0 unspecified atom stereocenters. The molecular weight excluding hydrogens is 454 g/mol. The van der Waals surface area contributed by atoms with Gasteiger partial charge in [0.1, 0.15) is 18.5 Å². The number of halogens is 2. The van der Waals surface area contributed by atoms with Crippen molar-refractivity contribution in [3.8, 4) is 11.8 Å². The van der Waals surface area contributed by atoms with E-state index in [2.05, 4.69) is 20.6 Å². The highest BCUT2D eigenvalue weighted by Crippen LogP contribution is 2.38. The van der Waals surface area contributed by atoms with Crippen LogP contribution in [0, 0.1) is 21.4 Å². The van der Waals surface area contributed by atoms with E-state index in [1.165, 1.54) is 24.4 Å². The Bertz CT molecular complexity index is 1020. The number of ether oxygens (including phenoxy) is 2. The largest absolute Gasteiger partial charge is 0.487 e. The molecule has 1 fully saturated rings. The van der Waals surface area contributed by atoms with Gasteiger partial charge in [0.05, 0.1) is 36.4 Å². The second-order valence-electron chi connectivity index (χ2n) is 7.59. The lowest BCUT2D eigenvalue weighted by atomic mass is 9.92. The number of hydrogen-bond donors (Lipinski definition) is 3. The van der Waals surface area contributed by atoms with Crippen LogP contribution >= 0.6 is 0 Å². The zero-order chi connectivity index (χ0) is 24.6. The summed E-state index contributed by atoms with van der Waals surface area (Å²) in [5, 5.41) is 35.2. The first-order valence-electron chi connectivity index (χ1n) is 10.6. The second kappa shape index (κ2) is 11.5. The van der Waals surface area contributed by atoms with Crippen LogP contribution in [0.1, 0.15) is 31.2 Å². The van der Waals surface area contributed by atoms with Crippen LogP contribution in [-0.4, -0.2) is 58.4 Å². The Hall–Kier alpha value is -3.63. The van der Waals surface area contributed by atoms with E-state index < -0.39 is 16.5 Å². The fraction of sp³-hybridized carbons (Fsp3) is 0.476. The zero-order valence-electron chi connectivity index (χ0n) is 18.2. The summed E-state index contributed by atoms with van der Waals surface area (Å²) in [4.78, 5) is 19.4. The molecule has 0 spiro atoms. The van der Waals surface area contributed by atoms with Crippen molar-refractivity contribution in [2.45, 2.75) is 37.6 Å². The van der Waals surface area contributed by atoms with Crippen molar-refractivity contribution in [3.63, 3.8) is 0 Å². The molecule has 0 amide bonds. The minimum absolute atomic E-state index is 0.0280. The van der Waals surface area contributed by atoms with E-state index in [9.17, 15) is 18.9 Å². The van der Waals surface area contributed by atoms with Gasteiger partial charge in [-0.1, -0.05) is 0 Å². The molecule has 0 aliphatic heterocycles. The summed E-state index contributed by atoms with van der Waals surface area (Å²) in [7, 11) is 0. The van der Waals surface area contributed by atoms with Gasteiger partial charge in [-0.3, -0.25) is 10.1 Å². The summed E-state index contributed by atoms with van der Waals surface area (Å²) >= 11 is 0. The number of aliphatic hydroxyl groups excluding tert-OH is 1. The number of rotatable bonds is 11. The molecule has 2 aromatic rings. The third kappa shape index (κ3) is 6.93. The maximum atomic E-state index is 13.6. The van der Waals surface area contributed by atoms with Gasteiger partial charge in [0.25, 0.3) is 0 Å². The lowest BCUT2D eigenvalue weighted by molar-refractivity contribution is -0.384. The quantitative estimate of drug-likeness (QED) is 0.249. The molecule has 34 heavy (non-hydrogen) atoms. The Labute approximate surface area is 193 Å². The highest BCUT2D eigenvalue weighted by Gasteiger charge is 2.35. The predicted octanol–water partition coefficient (Wildman–Crippen LogP) is 3.38. The topological polar surface area (TPSA) is 155 Å². The molecule has 13 heteroatoms. The van der Waals surface area contributed by atoms with E-state index in [1.807, 2.05) is 6.07 Å². The number of aromatic nitrogens is 2. The van der Waals surface area contributed by atoms with Gasteiger partial charge in [-0.15, -0.1) is 0 Å². The van der Waals surface area contributed by atoms with E-state index in [1.54, 1.807) is 0 Å². The SMILES string of the molecule is N#Cc1ccc(Nc2nc(NC3CCC(F)(F)CC3)c(OCCOCCO)cc2[N+](=O)[O-])nc1. The van der Waals surface area contributed by atoms with Gasteiger partial charge in [0, 0.05) is 25.1 Å². The minimum atomic E-state index is -2.71. The van der Waals surface area contributed by atoms with E-state index in [0.717, 1.165) is 0 Å². The molecule has 0 saturated heterocycles. The number of aliphatic hydroxyl groups is 1. The fourth-order valence-corrected chi connectivity index (χ4v) is 3.34. The van der Waals surface area contributed by atoms with Crippen LogP contribution < -0.4 is 15.4 Å². The summed E-state index contributed by atoms with van der Waals surface area (Å²) in [6, 6.07) is 5.77. The van der Waals surface area contributed by atoms with Gasteiger partial charge in [-0.05, 0) is 25.0 Å². The normalized spacial score (nSPS) is 15.4. The molecule has 1 aliphatic carbocycles. The van der Waals surface area contributed by atoms with Crippen LogP contribution in [0.2, 0.25) is 0 Å². The summed E-state index contributed by atoms with van der Waals surface area (Å²) in [5.74, 6) is -2.40. The van der Waals surface area contributed by atoms with Crippen molar-refractivity contribution in [2.75, 3.05) is 37.1 Å². The average Bonchev–Trinajstić information content (AvgIpc) is 2.81. The van der Waals surface area contributed by atoms with Crippen LogP contribution in [0.4, 0.5) is 31.9 Å². The Kier molecular flexibility index (Phi) is 8.44. The van der Waals surface area contributed by atoms with Crippen LogP contribution in [-0.2, 0) is 4.74 Å². The molecule has 1 aliphatic rings. The molecule has 0 radical (unpaired) electrons. The number of pyridine rings is 2. The molecule has 182 valence electrons. The van der Waals surface area contributed by atoms with Crippen LogP contribution in [0.25, 0.3) is 0 Å². The molecule has 2 heterocycles. The number of nitrogens with one attached hydrogen (secondary N) is 2. The number of hydrogen-bond acceptors (Lipinski definition) is 10. The third-order valence-corrected chi connectivity index (χ3v) is 5.08. The van der Waals surface area contributed by atoms with Crippen LogP contribution in [0.5, 0.6) is 5.75 Å². The summed E-state index contributed by atoms with van der Waals surface area (Å²) < 4.78 is 37.9. The van der Waals surface area contributed by atoms with Gasteiger partial charge in [0.2, 0.25) is 11.7 Å². The van der Waals surface area contributed by atoms with E-state index in [4.69, 9.17) is 19.8 Å². The van der Waals surface area contributed by atoms with Gasteiger partial charge < -0.3 is 25.2 Å². The predicted molar refractivity (Wildman–Crippen MR) is 117 cm³/mol. The first-order chi connectivity index (χ1) is 16.3. The van der Waals surface area contributed by atoms with Gasteiger partial charge in [-0.2, -0.15) is 5.26 Å². The standard InChI is InChI=1S/C21H24F2N6O5/c22-21(23)5-3-15(4-6-21)26-20-17(34-10-9-33-8-7-30)11-16(29(31)32)19(28-20)27-18-2-1-14(12-24)13-25-18/h1-2,11,13,15,30H,3-10H2,(H2,25,26,27,28). The minimum Gasteiger partial charge on any atom is -0.487 e. The molecule has 1 saturated carbocycles. The second-order valence-corrected chi connectivity index (χ2v) is 7.59. The number of nitro groups is 1. The molecule has 3 rings (SSSR count). The van der Waals surface area contributed by atoms with Crippen molar-refractivity contribution in [1.82, 2.24) is 9.97 Å². The summed E-state index contributed by atoms with van der Waals surface area (Å²) in [5.41, 5.74) is -0.0743. The fourth-order valence-electron chi connectivity index (χ4n) is 3.34. The average molecular weight is 478 g/mol. The monoisotopic (exact) mass is 478 g/mol. The van der Waals surface area contributed by atoms with Gasteiger partial charge in [-0.25, -0.2) is 18.7 Å². The maximum absolute atomic E-state index is 13.6. The number of alkyl halides is 2. The highest BCUT2D eigenvalue weighted by atomic mass is 19.3. The van der Waals surface area contributed by atoms with E-state index in [-0.39, 0.29) is 81.4 Å². The van der Waals surface area contributed by atoms with Crippen molar-refractivity contribution >= 4 is 23.1 Å². The molecule has 11 nitrogen and oxygen atoms in total. The Balaban J connectivity index is 1.87. The van der Waals surface area contributed by atoms with Crippen molar-refractivity contribution in [2.24, 2.45) is 0 Å². The Morgan fingerprint density at radius 1 is 1.26 bits per heavy atom. The van der Waals surface area contributed by atoms with E-state index >= 15 is 0 Å². The lowest BCUT2D eigenvalue weighted by Crippen LogP contribution is -2.32. The van der Waals surface area contributed by atoms with Crippen LogP contribution in [0.15, 0.2) is 24.4 Å². The molecule has 0 bridgehead atoms. The first kappa shape index (κ1) is 25.0. The Morgan fingerprint density at radius 2 is 2.03 bits per heavy atom. The molecule has 0 aromatic carbocycles.